The second-order valence-corrected chi connectivity index (χ2v) is 1.39. The van der Waals surface area contributed by atoms with Crippen molar-refractivity contribution in [2.45, 2.75) is 13.2 Å². The van der Waals surface area contributed by atoms with Crippen LogP contribution in [0.25, 0.3) is 0 Å². The third kappa shape index (κ3) is 1.91. The highest BCUT2D eigenvalue weighted by Crippen LogP contribution is 1.72. The number of hydrogen-bond acceptors (Lipinski definition) is 1. The van der Waals surface area contributed by atoms with Gasteiger partial charge in [-0.1, -0.05) is 0 Å². The molecule has 0 amide bonds. The second kappa shape index (κ2) is 1.92. The Bertz CT molecular complexity index is 58.6. The highest BCUT2D eigenvalue weighted by molar-refractivity contribution is 5.14. The average Bonchev–Trinajstić information content (AvgIpc) is 1.36. The Hall–Kier alpha value is -0.370. The van der Waals surface area contributed by atoms with Crippen molar-refractivity contribution in [2.24, 2.45) is 0 Å². The van der Waals surface area contributed by atoms with Crippen LogP contribution in [0.4, 0.5) is 0 Å². The Morgan fingerprint density at radius 3 is 2.00 bits per heavy atom. The normalized spacial score (nSPS) is 13.8. The Balaban J connectivity index is 3.26. The van der Waals surface area contributed by atoms with Crippen LogP contribution in [-0.4, -0.2) is 29.7 Å². The highest BCUT2D eigenvalue weighted by Gasteiger charge is 1.95. The number of nitrogens with zero attached hydrogens (tertiary/aromatic N) is 1. The second-order valence-electron chi connectivity index (χ2n) is 1.39. The Labute approximate surface area is 37.7 Å². The van der Waals surface area contributed by atoms with Crippen molar-refractivity contribution in [1.82, 2.24) is 0 Å². The first kappa shape index (κ1) is 5.63. The smallest absolute Gasteiger partial charge is 0.251 e. The molecule has 0 aliphatic heterocycles. The van der Waals surface area contributed by atoms with Crippen LogP contribution in [0.15, 0.2) is 0 Å². The standard InChI is InChI=1S/C4H10NO/c1-4(6)5(2)3/h4,6H,2H2,1,3H3/q+1. The lowest BCUT2D eigenvalue weighted by Crippen LogP contribution is -2.15. The van der Waals surface area contributed by atoms with Crippen molar-refractivity contribution in [3.05, 3.63) is 0 Å². The minimum absolute atomic E-state index is 0.426. The number of rotatable bonds is 1. The minimum atomic E-state index is -0.426. The quantitative estimate of drug-likeness (QED) is 0.265. The predicted molar refractivity (Wildman–Crippen MR) is 25.0 cm³/mol. The van der Waals surface area contributed by atoms with Crippen LogP contribution >= 0.6 is 0 Å². The zero-order valence-corrected chi connectivity index (χ0v) is 4.18. The van der Waals surface area contributed by atoms with Gasteiger partial charge in [0.15, 0.2) is 0 Å². The lowest BCUT2D eigenvalue weighted by molar-refractivity contribution is -0.571. The predicted octanol–water partition coefficient (Wildman–Crippen LogP) is -0.332. The van der Waals surface area contributed by atoms with Gasteiger partial charge in [-0.3, -0.25) is 0 Å². The molecule has 0 spiro atoms. The molecule has 0 rings (SSSR count). The van der Waals surface area contributed by atoms with E-state index in [1.807, 2.05) is 0 Å². The van der Waals surface area contributed by atoms with Crippen LogP contribution in [-0.2, 0) is 0 Å². The third-order valence-corrected chi connectivity index (χ3v) is 0.638. The van der Waals surface area contributed by atoms with Crippen LogP contribution in [0.2, 0.25) is 0 Å². The summed E-state index contributed by atoms with van der Waals surface area (Å²) in [5.74, 6) is 0. The van der Waals surface area contributed by atoms with Crippen molar-refractivity contribution in [3.8, 4) is 0 Å². The highest BCUT2D eigenvalue weighted by atomic mass is 16.3. The monoisotopic (exact) mass is 88.1 g/mol. The third-order valence-electron chi connectivity index (χ3n) is 0.638. The van der Waals surface area contributed by atoms with Gasteiger partial charge in [0.25, 0.3) is 6.23 Å². The van der Waals surface area contributed by atoms with E-state index in [2.05, 4.69) is 6.72 Å². The topological polar surface area (TPSA) is 23.2 Å². The van der Waals surface area contributed by atoms with Crippen molar-refractivity contribution < 1.29 is 9.68 Å². The molecule has 1 N–H and O–H groups in total. The lowest BCUT2D eigenvalue weighted by atomic mass is 10.6. The van der Waals surface area contributed by atoms with Gasteiger partial charge in [0.05, 0.1) is 0 Å². The summed E-state index contributed by atoms with van der Waals surface area (Å²) in [6.45, 7) is 5.08. The molecule has 0 bridgehead atoms. The molecule has 36 valence electrons. The molecule has 0 aliphatic rings. The number of aliphatic hydroxyl groups excluding tert-OH is 1. The molecular weight excluding hydrogens is 78.0 g/mol. The zero-order chi connectivity index (χ0) is 5.15. The largest absolute Gasteiger partial charge is 0.337 e. The molecule has 0 fully saturated rings. The summed E-state index contributed by atoms with van der Waals surface area (Å²) in [7, 11) is 1.71. The van der Waals surface area contributed by atoms with E-state index in [0.717, 1.165) is 0 Å². The first-order chi connectivity index (χ1) is 2.64. The number of aliphatic hydroxyl groups is 1. The number of hydrogen-bond donors (Lipinski definition) is 1. The fourth-order valence-corrected chi connectivity index (χ4v) is 0. The molecule has 0 saturated heterocycles. The van der Waals surface area contributed by atoms with E-state index in [1.165, 1.54) is 4.58 Å². The minimum Gasteiger partial charge on any atom is -0.337 e. The molecule has 6 heavy (non-hydrogen) atoms. The van der Waals surface area contributed by atoms with Crippen molar-refractivity contribution in [2.75, 3.05) is 7.05 Å². The van der Waals surface area contributed by atoms with Crippen LogP contribution < -0.4 is 0 Å². The molecule has 0 heterocycles. The first-order valence-electron chi connectivity index (χ1n) is 1.86. The van der Waals surface area contributed by atoms with Crippen molar-refractivity contribution in [3.63, 3.8) is 0 Å². The van der Waals surface area contributed by atoms with E-state index < -0.39 is 6.23 Å². The summed E-state index contributed by atoms with van der Waals surface area (Å²) in [6, 6.07) is 0. The SMILES string of the molecule is C=[N+](C)C(C)O. The fourth-order valence-electron chi connectivity index (χ4n) is 0. The molecule has 0 aromatic rings. The summed E-state index contributed by atoms with van der Waals surface area (Å²) < 4.78 is 1.47. The van der Waals surface area contributed by atoms with Gasteiger partial charge in [0, 0.05) is 6.92 Å². The fraction of sp³-hybridized carbons (Fsp3) is 0.750. The first-order valence-corrected chi connectivity index (χ1v) is 1.86. The molecule has 0 aliphatic carbocycles. The average molecular weight is 88.1 g/mol. The van der Waals surface area contributed by atoms with E-state index in [4.69, 9.17) is 5.11 Å². The summed E-state index contributed by atoms with van der Waals surface area (Å²) >= 11 is 0. The molecule has 0 saturated carbocycles. The maximum atomic E-state index is 8.49. The molecule has 2 heteroatoms. The van der Waals surface area contributed by atoms with E-state index in [9.17, 15) is 0 Å². The molecule has 0 aromatic carbocycles. The van der Waals surface area contributed by atoms with E-state index in [-0.39, 0.29) is 0 Å². The van der Waals surface area contributed by atoms with Gasteiger partial charge in [-0.05, 0) is 0 Å². The Kier molecular flexibility index (Phi) is 1.81. The van der Waals surface area contributed by atoms with Gasteiger partial charge in [0.1, 0.15) is 13.8 Å². The maximum Gasteiger partial charge on any atom is 0.251 e. The van der Waals surface area contributed by atoms with Crippen molar-refractivity contribution >= 4 is 6.72 Å². The van der Waals surface area contributed by atoms with Gasteiger partial charge >= 0.3 is 0 Å². The van der Waals surface area contributed by atoms with Gasteiger partial charge in [0.2, 0.25) is 0 Å². The van der Waals surface area contributed by atoms with Crippen LogP contribution in [0.5, 0.6) is 0 Å². The van der Waals surface area contributed by atoms with E-state index in [0.29, 0.717) is 0 Å². The van der Waals surface area contributed by atoms with Gasteiger partial charge < -0.3 is 5.11 Å². The van der Waals surface area contributed by atoms with Crippen LogP contribution in [0.3, 0.4) is 0 Å². The summed E-state index contributed by atoms with van der Waals surface area (Å²) in [4.78, 5) is 0. The van der Waals surface area contributed by atoms with Crippen LogP contribution in [0.1, 0.15) is 6.92 Å². The molecule has 2 nitrogen and oxygen atoms in total. The Morgan fingerprint density at radius 2 is 2.00 bits per heavy atom. The van der Waals surface area contributed by atoms with E-state index in [1.54, 1.807) is 14.0 Å². The van der Waals surface area contributed by atoms with Gasteiger partial charge in [-0.15, -0.1) is 0 Å². The van der Waals surface area contributed by atoms with Crippen LogP contribution in [0, 0.1) is 0 Å². The summed E-state index contributed by atoms with van der Waals surface area (Å²) in [5.41, 5.74) is 0. The molecule has 0 aromatic heterocycles. The van der Waals surface area contributed by atoms with E-state index >= 15 is 0 Å². The summed E-state index contributed by atoms with van der Waals surface area (Å²) in [6.07, 6.45) is -0.426. The summed E-state index contributed by atoms with van der Waals surface area (Å²) in [5, 5.41) is 8.49. The lowest BCUT2D eigenvalue weighted by Gasteiger charge is -1.92. The van der Waals surface area contributed by atoms with Gasteiger partial charge in [-0.25, -0.2) is 4.58 Å². The molecule has 1 unspecified atom stereocenters. The molecule has 1 atom stereocenters. The van der Waals surface area contributed by atoms with Gasteiger partial charge in [-0.2, -0.15) is 0 Å². The zero-order valence-electron chi connectivity index (χ0n) is 4.18. The Morgan fingerprint density at radius 1 is 1.83 bits per heavy atom. The van der Waals surface area contributed by atoms with Crippen molar-refractivity contribution in [1.29, 1.82) is 0 Å². The maximum absolute atomic E-state index is 8.49. The molecular formula is C4H10NO+. The molecule has 0 radical (unpaired) electrons.